The summed E-state index contributed by atoms with van der Waals surface area (Å²) in [5.74, 6) is -0.0151. The first-order valence-electron chi connectivity index (χ1n) is 8.55. The Morgan fingerprint density at radius 1 is 1.32 bits per heavy atom. The van der Waals surface area contributed by atoms with Crippen LogP contribution in [0.25, 0.3) is 5.65 Å². The number of aromatic nitrogens is 2. The van der Waals surface area contributed by atoms with Crippen LogP contribution in [0.4, 0.5) is 0 Å². The number of fused-ring (bicyclic) bond motifs is 1. The molecule has 2 aromatic rings. The summed E-state index contributed by atoms with van der Waals surface area (Å²) in [7, 11) is -3.17. The number of rotatable bonds is 5. The molecular weight excluding hydrogens is 340 g/mol. The summed E-state index contributed by atoms with van der Waals surface area (Å²) in [4.78, 5) is 19.1. The van der Waals surface area contributed by atoms with Crippen LogP contribution in [0.5, 0.6) is 0 Å². The molecule has 0 spiro atoms. The third-order valence-electron chi connectivity index (χ3n) is 4.81. The Kier molecular flexibility index (Phi) is 5.10. The lowest BCUT2D eigenvalue weighted by Crippen LogP contribution is -2.44. The van der Waals surface area contributed by atoms with E-state index < -0.39 is 10.0 Å². The van der Waals surface area contributed by atoms with E-state index in [1.54, 1.807) is 6.20 Å². The van der Waals surface area contributed by atoms with Gasteiger partial charge in [0.1, 0.15) is 5.65 Å². The second-order valence-electron chi connectivity index (χ2n) is 6.47. The van der Waals surface area contributed by atoms with Gasteiger partial charge >= 0.3 is 0 Å². The number of imidazole rings is 1. The smallest absolute Gasteiger partial charge is 0.226 e. The molecule has 1 saturated heterocycles. The molecule has 8 heteroatoms. The van der Waals surface area contributed by atoms with Gasteiger partial charge in [0.2, 0.25) is 15.9 Å². The van der Waals surface area contributed by atoms with E-state index in [2.05, 4.69) is 4.98 Å². The molecule has 2 aromatic heterocycles. The number of sulfonamides is 1. The molecule has 0 atom stereocenters. The Balaban J connectivity index is 1.68. The lowest BCUT2D eigenvalue weighted by atomic mass is 9.96. The fourth-order valence-corrected chi connectivity index (χ4v) is 4.21. The zero-order valence-electron chi connectivity index (χ0n) is 14.6. The lowest BCUT2D eigenvalue weighted by molar-refractivity contribution is -0.137. The summed E-state index contributed by atoms with van der Waals surface area (Å²) in [6.07, 6.45) is 6.13. The fourth-order valence-electron chi connectivity index (χ4n) is 3.34. The molecule has 3 rings (SSSR count). The average Bonchev–Trinajstić information content (AvgIpc) is 3.01. The largest absolute Gasteiger partial charge is 0.337 e. The number of piperidine rings is 1. The summed E-state index contributed by atoms with van der Waals surface area (Å²) < 4.78 is 26.7. The Hall–Kier alpha value is -1.93. The van der Waals surface area contributed by atoms with E-state index in [0.717, 1.165) is 11.3 Å². The maximum absolute atomic E-state index is 12.9. The summed E-state index contributed by atoms with van der Waals surface area (Å²) >= 11 is 0. The average molecular weight is 364 g/mol. The molecule has 0 unspecified atom stereocenters. The van der Waals surface area contributed by atoms with Gasteiger partial charge in [-0.2, -0.15) is 0 Å². The molecule has 1 aliphatic heterocycles. The monoisotopic (exact) mass is 364 g/mol. The standard InChI is InChI=1S/C17H24N4O3S/c1-3-19(13-15-12-18-16-6-4-5-9-21(15)16)17(22)14-7-10-20(11-8-14)25(2,23)24/h4-6,9,12,14H,3,7-8,10-11,13H2,1-2H3. The van der Waals surface area contributed by atoms with Gasteiger partial charge in [-0.15, -0.1) is 0 Å². The molecule has 1 aliphatic rings. The summed E-state index contributed by atoms with van der Waals surface area (Å²) in [5, 5.41) is 0. The molecule has 0 aliphatic carbocycles. The third-order valence-corrected chi connectivity index (χ3v) is 6.12. The van der Waals surface area contributed by atoms with Crippen LogP contribution in [0.2, 0.25) is 0 Å². The zero-order valence-corrected chi connectivity index (χ0v) is 15.4. The first kappa shape index (κ1) is 17.9. The maximum Gasteiger partial charge on any atom is 0.226 e. The number of amides is 1. The van der Waals surface area contributed by atoms with Gasteiger partial charge in [0.05, 0.1) is 24.7 Å². The van der Waals surface area contributed by atoms with Crippen LogP contribution in [-0.4, -0.2) is 58.8 Å². The molecule has 3 heterocycles. The predicted molar refractivity (Wildman–Crippen MR) is 95.4 cm³/mol. The van der Waals surface area contributed by atoms with Gasteiger partial charge in [-0.3, -0.25) is 4.79 Å². The predicted octanol–water partition coefficient (Wildman–Crippen LogP) is 1.35. The molecule has 1 fully saturated rings. The minimum atomic E-state index is -3.17. The van der Waals surface area contributed by atoms with Crippen molar-refractivity contribution in [1.29, 1.82) is 0 Å². The summed E-state index contributed by atoms with van der Waals surface area (Å²) in [6, 6.07) is 5.81. The Morgan fingerprint density at radius 3 is 2.68 bits per heavy atom. The van der Waals surface area contributed by atoms with Crippen molar-refractivity contribution in [2.45, 2.75) is 26.3 Å². The van der Waals surface area contributed by atoms with Crippen LogP contribution >= 0.6 is 0 Å². The van der Waals surface area contributed by atoms with Crippen molar-refractivity contribution in [2.75, 3.05) is 25.9 Å². The van der Waals surface area contributed by atoms with Crippen molar-refractivity contribution in [1.82, 2.24) is 18.6 Å². The highest BCUT2D eigenvalue weighted by Gasteiger charge is 2.31. The molecule has 0 bridgehead atoms. The van der Waals surface area contributed by atoms with E-state index >= 15 is 0 Å². The van der Waals surface area contributed by atoms with Gasteiger partial charge < -0.3 is 9.30 Å². The minimum absolute atomic E-state index is 0.0986. The Morgan fingerprint density at radius 2 is 2.04 bits per heavy atom. The second-order valence-corrected chi connectivity index (χ2v) is 8.45. The van der Waals surface area contributed by atoms with Crippen LogP contribution in [0.1, 0.15) is 25.5 Å². The van der Waals surface area contributed by atoms with E-state index in [-0.39, 0.29) is 11.8 Å². The molecule has 7 nitrogen and oxygen atoms in total. The van der Waals surface area contributed by atoms with Crippen molar-refractivity contribution in [3.8, 4) is 0 Å². The summed E-state index contributed by atoms with van der Waals surface area (Å²) in [5.41, 5.74) is 1.84. The number of carbonyl (C=O) groups excluding carboxylic acids is 1. The number of hydrogen-bond acceptors (Lipinski definition) is 4. The second kappa shape index (κ2) is 7.13. The number of nitrogens with zero attached hydrogens (tertiary/aromatic N) is 4. The van der Waals surface area contributed by atoms with Crippen molar-refractivity contribution in [3.05, 3.63) is 36.3 Å². The van der Waals surface area contributed by atoms with Crippen molar-refractivity contribution in [2.24, 2.45) is 5.92 Å². The number of carbonyl (C=O) groups is 1. The first-order chi connectivity index (χ1) is 11.9. The van der Waals surface area contributed by atoms with Crippen LogP contribution in [-0.2, 0) is 21.4 Å². The highest BCUT2D eigenvalue weighted by molar-refractivity contribution is 7.88. The Labute approximate surface area is 148 Å². The van der Waals surface area contributed by atoms with Gasteiger partial charge in [-0.25, -0.2) is 17.7 Å². The molecule has 0 radical (unpaired) electrons. The molecule has 136 valence electrons. The van der Waals surface area contributed by atoms with Crippen molar-refractivity contribution < 1.29 is 13.2 Å². The molecule has 0 saturated carbocycles. The van der Waals surface area contributed by atoms with E-state index in [9.17, 15) is 13.2 Å². The molecule has 0 aromatic carbocycles. The van der Waals surface area contributed by atoms with E-state index in [4.69, 9.17) is 0 Å². The zero-order chi connectivity index (χ0) is 18.0. The number of hydrogen-bond donors (Lipinski definition) is 0. The van der Waals surface area contributed by atoms with Crippen LogP contribution in [0.3, 0.4) is 0 Å². The third kappa shape index (κ3) is 3.85. The lowest BCUT2D eigenvalue weighted by Gasteiger charge is -2.32. The van der Waals surface area contributed by atoms with E-state index in [1.165, 1.54) is 10.6 Å². The highest BCUT2D eigenvalue weighted by atomic mass is 32.2. The van der Waals surface area contributed by atoms with Gasteiger partial charge in [0.15, 0.2) is 0 Å². The van der Waals surface area contributed by atoms with Gasteiger partial charge in [0, 0.05) is 31.7 Å². The number of pyridine rings is 1. The molecular formula is C17H24N4O3S. The quantitative estimate of drug-likeness (QED) is 0.803. The van der Waals surface area contributed by atoms with Crippen LogP contribution in [0.15, 0.2) is 30.6 Å². The first-order valence-corrected chi connectivity index (χ1v) is 10.4. The maximum atomic E-state index is 12.9. The van der Waals surface area contributed by atoms with Gasteiger partial charge in [-0.1, -0.05) is 6.07 Å². The van der Waals surface area contributed by atoms with E-state index in [1.807, 2.05) is 40.6 Å². The topological polar surface area (TPSA) is 75.0 Å². The summed E-state index contributed by atoms with van der Waals surface area (Å²) in [6.45, 7) is 3.93. The van der Waals surface area contributed by atoms with E-state index in [0.29, 0.717) is 39.0 Å². The fraction of sp³-hybridized carbons (Fsp3) is 0.529. The van der Waals surface area contributed by atoms with Gasteiger partial charge in [-0.05, 0) is 31.9 Å². The van der Waals surface area contributed by atoms with Crippen LogP contribution in [0, 0.1) is 5.92 Å². The molecule has 0 N–H and O–H groups in total. The SMILES string of the molecule is CCN(Cc1cnc2ccccn12)C(=O)C1CCN(S(C)(=O)=O)CC1. The normalized spacial score (nSPS) is 17.0. The van der Waals surface area contributed by atoms with Crippen molar-refractivity contribution in [3.63, 3.8) is 0 Å². The van der Waals surface area contributed by atoms with Gasteiger partial charge in [0.25, 0.3) is 0 Å². The van der Waals surface area contributed by atoms with Crippen LogP contribution < -0.4 is 0 Å². The molecule has 1 amide bonds. The Bertz CT molecular complexity index is 854. The highest BCUT2D eigenvalue weighted by Crippen LogP contribution is 2.22. The minimum Gasteiger partial charge on any atom is -0.337 e. The molecule has 25 heavy (non-hydrogen) atoms. The van der Waals surface area contributed by atoms with Crippen molar-refractivity contribution >= 4 is 21.6 Å².